The highest BCUT2D eigenvalue weighted by Gasteiger charge is 2.27. The van der Waals surface area contributed by atoms with Crippen molar-refractivity contribution in [3.05, 3.63) is 35.2 Å². The van der Waals surface area contributed by atoms with Gasteiger partial charge >= 0.3 is 5.97 Å². The van der Waals surface area contributed by atoms with Crippen molar-refractivity contribution in [1.82, 2.24) is 9.88 Å². The molecule has 0 bridgehead atoms. The summed E-state index contributed by atoms with van der Waals surface area (Å²) >= 11 is 0. The number of aliphatic imine (C=N–C) groups is 1. The number of anilines is 1. The monoisotopic (exact) mass is 370 g/mol. The van der Waals surface area contributed by atoms with Gasteiger partial charge in [-0.3, -0.25) is 0 Å². The van der Waals surface area contributed by atoms with E-state index in [1.165, 1.54) is 0 Å². The number of nitrogens with zero attached hydrogens (tertiary/aromatic N) is 3. The number of aromatic hydroxyl groups is 1. The van der Waals surface area contributed by atoms with Gasteiger partial charge in [0, 0.05) is 36.6 Å². The van der Waals surface area contributed by atoms with Crippen LogP contribution in [0.3, 0.4) is 0 Å². The first-order chi connectivity index (χ1) is 13.0. The number of fused-ring (bicyclic) bond motifs is 1. The summed E-state index contributed by atoms with van der Waals surface area (Å²) in [7, 11) is 3.88. The zero-order valence-corrected chi connectivity index (χ0v) is 15.5. The highest BCUT2D eigenvalue weighted by molar-refractivity contribution is 6.21. The zero-order chi connectivity index (χ0) is 19.4. The van der Waals surface area contributed by atoms with Crippen LogP contribution in [0.5, 0.6) is 5.75 Å². The lowest BCUT2D eigenvalue weighted by Crippen LogP contribution is -2.21. The number of aromatic nitrogens is 1. The van der Waals surface area contributed by atoms with Crippen LogP contribution in [-0.4, -0.2) is 61.0 Å². The highest BCUT2D eigenvalue weighted by Crippen LogP contribution is 2.38. The highest BCUT2D eigenvalue weighted by atomic mass is 16.5. The maximum Gasteiger partial charge on any atom is 0.347 e. The fourth-order valence-corrected chi connectivity index (χ4v) is 2.63. The first-order valence-corrected chi connectivity index (χ1v) is 8.64. The third-order valence-electron chi connectivity index (χ3n) is 3.94. The van der Waals surface area contributed by atoms with E-state index >= 15 is 0 Å². The molecular formula is C19H22N4O4. The fraction of sp³-hybridized carbons (Fsp3) is 0.316. The van der Waals surface area contributed by atoms with Gasteiger partial charge in [-0.2, -0.15) is 0 Å². The van der Waals surface area contributed by atoms with Crippen molar-refractivity contribution in [1.29, 1.82) is 0 Å². The van der Waals surface area contributed by atoms with Crippen LogP contribution in [0.15, 0.2) is 27.7 Å². The first kappa shape index (κ1) is 18.7. The number of likely N-dealkylation sites (N-methyl/N-ethyl adjacent to an activating group) is 1. The molecular weight excluding hydrogens is 348 g/mol. The van der Waals surface area contributed by atoms with E-state index in [4.69, 9.17) is 9.15 Å². The first-order valence-electron chi connectivity index (χ1n) is 8.64. The van der Waals surface area contributed by atoms with Crippen LogP contribution in [0, 0.1) is 0 Å². The molecule has 2 aromatic rings. The lowest BCUT2D eigenvalue weighted by atomic mass is 10.1. The average Bonchev–Trinajstić information content (AvgIpc) is 3.17. The topological polar surface area (TPSA) is 100 Å². The molecule has 0 amide bonds. The van der Waals surface area contributed by atoms with Crippen molar-refractivity contribution in [3.8, 4) is 5.75 Å². The van der Waals surface area contributed by atoms with Crippen LogP contribution >= 0.6 is 0 Å². The number of allylic oxidation sites excluding steroid dienone is 1. The summed E-state index contributed by atoms with van der Waals surface area (Å²) in [6, 6.07) is 3.69. The van der Waals surface area contributed by atoms with E-state index in [0.29, 0.717) is 12.4 Å². The molecule has 1 aliphatic rings. The molecule has 8 nitrogen and oxygen atoms in total. The van der Waals surface area contributed by atoms with Gasteiger partial charge < -0.3 is 24.5 Å². The molecule has 142 valence electrons. The molecule has 3 rings (SSSR count). The second-order valence-corrected chi connectivity index (χ2v) is 6.20. The molecule has 8 heteroatoms. The zero-order valence-electron chi connectivity index (χ0n) is 15.5. The smallest absolute Gasteiger partial charge is 0.347 e. The van der Waals surface area contributed by atoms with E-state index in [2.05, 4.69) is 15.3 Å². The third kappa shape index (κ3) is 4.01. The van der Waals surface area contributed by atoms with Crippen molar-refractivity contribution < 1.29 is 19.1 Å². The van der Waals surface area contributed by atoms with E-state index < -0.39 is 5.97 Å². The molecule has 0 aliphatic carbocycles. The van der Waals surface area contributed by atoms with Gasteiger partial charge in [0.15, 0.2) is 22.9 Å². The van der Waals surface area contributed by atoms with E-state index in [9.17, 15) is 9.90 Å². The number of rotatable bonds is 7. The summed E-state index contributed by atoms with van der Waals surface area (Å²) in [5, 5.41) is 13.6. The molecule has 0 aromatic carbocycles. The van der Waals surface area contributed by atoms with E-state index in [1.54, 1.807) is 25.4 Å². The Labute approximate surface area is 157 Å². The Morgan fingerprint density at radius 3 is 3.00 bits per heavy atom. The minimum atomic E-state index is -0.641. The summed E-state index contributed by atoms with van der Waals surface area (Å²) in [5.41, 5.74) is 1.55. The average molecular weight is 370 g/mol. The molecule has 0 radical (unpaired) electrons. The Hall–Kier alpha value is -3.13. The van der Waals surface area contributed by atoms with Gasteiger partial charge in [0.2, 0.25) is 5.88 Å². The number of hydrogen-bond donors (Lipinski definition) is 2. The predicted molar refractivity (Wildman–Crippen MR) is 104 cm³/mol. The summed E-state index contributed by atoms with van der Waals surface area (Å²) in [6.45, 7) is 3.17. The molecule has 2 aromatic heterocycles. The number of carbonyl (C=O) groups excluding carboxylic acids is 1. The molecule has 2 N–H and O–H groups in total. The molecule has 0 saturated heterocycles. The fourth-order valence-electron chi connectivity index (χ4n) is 2.63. The van der Waals surface area contributed by atoms with Gasteiger partial charge in [-0.1, -0.05) is 0 Å². The Balaban J connectivity index is 1.95. The molecule has 3 heterocycles. The standard InChI is InChI=1S/C19H22N4O4/c1-4-26-19(25)15-16(24)14(27-18(15)21-8-9-23(2)3)10-12-11-22-17-13(12)6-5-7-20-17/h5-7,10-11,21,24H,4,8-9H2,1-3H3/b12-10+. The lowest BCUT2D eigenvalue weighted by molar-refractivity contribution is 0.0524. The maximum atomic E-state index is 12.3. The SMILES string of the molecule is CCOC(=O)c1c(NCCN(C)C)oc(/C=C2\C=Nc3ncccc32)c1O. The Bertz CT molecular complexity index is 899. The van der Waals surface area contributed by atoms with Crippen molar-refractivity contribution >= 4 is 35.5 Å². The lowest BCUT2D eigenvalue weighted by Gasteiger charge is -2.10. The van der Waals surface area contributed by atoms with Crippen molar-refractivity contribution in [2.24, 2.45) is 4.99 Å². The normalized spacial score (nSPS) is 14.0. The summed E-state index contributed by atoms with van der Waals surface area (Å²) in [4.78, 5) is 22.7. The third-order valence-corrected chi connectivity index (χ3v) is 3.94. The van der Waals surface area contributed by atoms with Crippen molar-refractivity contribution in [2.45, 2.75) is 6.92 Å². The summed E-state index contributed by atoms with van der Waals surface area (Å²) in [5.74, 6) is 0.0336. The van der Waals surface area contributed by atoms with Crippen LogP contribution in [0.4, 0.5) is 11.7 Å². The molecule has 0 fully saturated rings. The molecule has 0 atom stereocenters. The van der Waals surface area contributed by atoms with Crippen LogP contribution < -0.4 is 5.32 Å². The number of esters is 1. The predicted octanol–water partition coefficient (Wildman–Crippen LogP) is 2.79. The number of carbonyl (C=O) groups is 1. The Morgan fingerprint density at radius 2 is 2.26 bits per heavy atom. The van der Waals surface area contributed by atoms with Crippen LogP contribution in [-0.2, 0) is 4.74 Å². The molecule has 0 spiro atoms. The number of ether oxygens (including phenoxy) is 1. The van der Waals surface area contributed by atoms with Crippen molar-refractivity contribution in [3.63, 3.8) is 0 Å². The van der Waals surface area contributed by atoms with E-state index in [-0.39, 0.29) is 29.6 Å². The second-order valence-electron chi connectivity index (χ2n) is 6.20. The van der Waals surface area contributed by atoms with Gasteiger partial charge in [-0.05, 0) is 39.2 Å². The number of nitrogens with one attached hydrogen (secondary N) is 1. The number of furan rings is 1. The largest absolute Gasteiger partial charge is 0.504 e. The van der Waals surface area contributed by atoms with Crippen molar-refractivity contribution in [2.75, 3.05) is 39.1 Å². The van der Waals surface area contributed by atoms with Gasteiger partial charge in [0.05, 0.1) is 6.61 Å². The van der Waals surface area contributed by atoms with Crippen LogP contribution in [0.25, 0.3) is 11.6 Å². The van der Waals surface area contributed by atoms with E-state index in [1.807, 2.05) is 31.1 Å². The summed E-state index contributed by atoms with van der Waals surface area (Å²) in [6.07, 6.45) is 4.93. The van der Waals surface area contributed by atoms with Gasteiger partial charge in [0.1, 0.15) is 0 Å². The number of hydrogen-bond acceptors (Lipinski definition) is 8. The quantitative estimate of drug-likeness (QED) is 0.723. The maximum absolute atomic E-state index is 12.3. The molecule has 27 heavy (non-hydrogen) atoms. The Kier molecular flexibility index (Phi) is 5.56. The van der Waals surface area contributed by atoms with Crippen LogP contribution in [0.1, 0.15) is 28.6 Å². The minimum Gasteiger partial charge on any atom is -0.504 e. The van der Waals surface area contributed by atoms with Gasteiger partial charge in [0.25, 0.3) is 0 Å². The molecule has 1 aliphatic heterocycles. The second kappa shape index (κ2) is 8.05. The van der Waals surface area contributed by atoms with Gasteiger partial charge in [-0.15, -0.1) is 0 Å². The van der Waals surface area contributed by atoms with E-state index in [0.717, 1.165) is 17.7 Å². The van der Waals surface area contributed by atoms with Crippen LogP contribution in [0.2, 0.25) is 0 Å². The van der Waals surface area contributed by atoms with Gasteiger partial charge in [-0.25, -0.2) is 14.8 Å². The summed E-state index contributed by atoms with van der Waals surface area (Å²) < 4.78 is 10.8. The molecule has 0 unspecified atom stereocenters. The Morgan fingerprint density at radius 1 is 1.44 bits per heavy atom. The number of pyridine rings is 1. The molecule has 0 saturated carbocycles. The minimum absolute atomic E-state index is 0.0104.